The second kappa shape index (κ2) is 67.3. The highest BCUT2D eigenvalue weighted by Crippen LogP contribution is 2.16. The van der Waals surface area contributed by atoms with E-state index < -0.39 is 6.10 Å². The molecular formula is C74H124O6. The number of hydrogen-bond acceptors (Lipinski definition) is 6. The summed E-state index contributed by atoms with van der Waals surface area (Å²) in [4.78, 5) is 38.3. The van der Waals surface area contributed by atoms with Crippen LogP contribution in [-0.2, 0) is 28.6 Å². The van der Waals surface area contributed by atoms with Gasteiger partial charge in [-0.2, -0.15) is 0 Å². The molecule has 0 radical (unpaired) electrons. The van der Waals surface area contributed by atoms with Gasteiger partial charge in [0.05, 0.1) is 0 Å². The maximum absolute atomic E-state index is 12.9. The van der Waals surface area contributed by atoms with E-state index in [9.17, 15) is 14.4 Å². The molecular weight excluding hydrogens is 985 g/mol. The fraction of sp³-hybridized carbons (Fsp3) is 0.689. The third-order valence-electron chi connectivity index (χ3n) is 14.2. The quantitative estimate of drug-likeness (QED) is 0.0261. The molecule has 0 aromatic rings. The van der Waals surface area contributed by atoms with Crippen molar-refractivity contribution in [2.75, 3.05) is 13.2 Å². The molecule has 0 rings (SSSR count). The molecule has 0 amide bonds. The Kier molecular flexibility index (Phi) is 63.8. The van der Waals surface area contributed by atoms with Gasteiger partial charge in [0.15, 0.2) is 6.10 Å². The molecule has 1 atom stereocenters. The van der Waals surface area contributed by atoms with Crippen LogP contribution in [0.3, 0.4) is 0 Å². The van der Waals surface area contributed by atoms with Crippen LogP contribution in [0.5, 0.6) is 0 Å². The molecule has 1 unspecified atom stereocenters. The average molecular weight is 1110 g/mol. The van der Waals surface area contributed by atoms with Gasteiger partial charge >= 0.3 is 17.9 Å². The Morgan fingerprint density at radius 2 is 0.500 bits per heavy atom. The molecule has 0 aliphatic rings. The van der Waals surface area contributed by atoms with Gasteiger partial charge in [-0.3, -0.25) is 14.4 Å². The maximum Gasteiger partial charge on any atom is 0.306 e. The SMILES string of the molecule is CC/C=C\C/C=C\C/C=C\C/C=C\C/C=C\C/C=C\C/C=C\C/C=C\C/C=C\CCCCCCCC(=O)OCC(COC(=O)CCCCCCC/C=C\CCCC)OC(=O)CCCCCCCCCCCCCCCCCCCC. The van der Waals surface area contributed by atoms with Crippen molar-refractivity contribution in [3.05, 3.63) is 122 Å². The van der Waals surface area contributed by atoms with E-state index in [0.717, 1.165) is 141 Å². The van der Waals surface area contributed by atoms with Gasteiger partial charge in [-0.1, -0.05) is 303 Å². The largest absolute Gasteiger partial charge is 0.462 e. The van der Waals surface area contributed by atoms with Crippen molar-refractivity contribution >= 4 is 17.9 Å². The summed E-state index contributed by atoms with van der Waals surface area (Å²) in [5, 5.41) is 0. The minimum absolute atomic E-state index is 0.0876. The molecule has 0 aliphatic heterocycles. The highest BCUT2D eigenvalue weighted by molar-refractivity contribution is 5.71. The Balaban J connectivity index is 4.29. The van der Waals surface area contributed by atoms with E-state index in [4.69, 9.17) is 14.2 Å². The standard InChI is InChI=1S/C74H124O6/c1-4-7-10-13-16-19-22-24-26-28-30-31-32-33-34-35-36-37-38-39-40-41-42-43-44-46-47-49-52-55-58-61-64-67-73(76)79-70-71(69-78-72(75)66-63-60-57-54-51-21-18-15-12-9-6-3)80-74(77)68-65-62-59-56-53-50-48-45-29-27-25-23-20-17-14-11-8-5-2/h7,10,15-16,18-19,24,26,30-31,33-34,36-37,39-40,42-43,46-47,71H,4-6,8-9,11-14,17,20-23,25,27-29,32,35,38,41,44-45,48-70H2,1-3H3/b10-7-,18-15-,19-16-,26-24-,31-30-,34-33-,37-36-,40-39-,43-42-,47-46-. The first-order valence-electron chi connectivity index (χ1n) is 33.5. The molecule has 0 aromatic heterocycles. The van der Waals surface area contributed by atoms with Crippen molar-refractivity contribution in [3.63, 3.8) is 0 Å². The maximum atomic E-state index is 12.9. The molecule has 456 valence electrons. The molecule has 0 heterocycles. The van der Waals surface area contributed by atoms with E-state index in [1.54, 1.807) is 0 Å². The Labute approximate surface area is 494 Å². The van der Waals surface area contributed by atoms with Crippen molar-refractivity contribution < 1.29 is 28.6 Å². The van der Waals surface area contributed by atoms with Crippen LogP contribution in [0.4, 0.5) is 0 Å². The minimum atomic E-state index is -0.790. The Hall–Kier alpha value is -4.19. The second-order valence-electron chi connectivity index (χ2n) is 22.0. The Morgan fingerprint density at radius 1 is 0.263 bits per heavy atom. The van der Waals surface area contributed by atoms with Gasteiger partial charge in [0.1, 0.15) is 13.2 Å². The van der Waals surface area contributed by atoms with E-state index in [1.807, 2.05) is 0 Å². The molecule has 0 N–H and O–H groups in total. The van der Waals surface area contributed by atoms with Crippen molar-refractivity contribution in [1.82, 2.24) is 0 Å². The van der Waals surface area contributed by atoms with Gasteiger partial charge in [-0.15, -0.1) is 0 Å². The number of unbranched alkanes of at least 4 members (excludes halogenated alkanes) is 29. The zero-order valence-corrected chi connectivity index (χ0v) is 52.3. The second-order valence-corrected chi connectivity index (χ2v) is 22.0. The molecule has 6 heteroatoms. The smallest absolute Gasteiger partial charge is 0.306 e. The van der Waals surface area contributed by atoms with Crippen molar-refractivity contribution in [2.24, 2.45) is 0 Å². The van der Waals surface area contributed by atoms with Crippen LogP contribution in [0.2, 0.25) is 0 Å². The summed E-state index contributed by atoms with van der Waals surface area (Å²) in [6.45, 7) is 6.49. The fourth-order valence-electron chi connectivity index (χ4n) is 9.18. The lowest BCUT2D eigenvalue weighted by Crippen LogP contribution is -2.30. The monoisotopic (exact) mass is 1110 g/mol. The average Bonchev–Trinajstić information content (AvgIpc) is 3.46. The predicted octanol–water partition coefficient (Wildman–Crippen LogP) is 23.2. The summed E-state index contributed by atoms with van der Waals surface area (Å²) in [5.74, 6) is -0.908. The lowest BCUT2D eigenvalue weighted by molar-refractivity contribution is -0.167. The van der Waals surface area contributed by atoms with Gasteiger partial charge in [0.25, 0.3) is 0 Å². The molecule has 0 aliphatic carbocycles. The van der Waals surface area contributed by atoms with Gasteiger partial charge < -0.3 is 14.2 Å². The molecule has 80 heavy (non-hydrogen) atoms. The van der Waals surface area contributed by atoms with Crippen molar-refractivity contribution in [2.45, 2.75) is 316 Å². The van der Waals surface area contributed by atoms with E-state index in [1.165, 1.54) is 128 Å². The third kappa shape index (κ3) is 64.6. The van der Waals surface area contributed by atoms with Crippen LogP contribution in [0.15, 0.2) is 122 Å². The van der Waals surface area contributed by atoms with Crippen LogP contribution in [0, 0.1) is 0 Å². The summed E-state index contributed by atoms with van der Waals surface area (Å²) >= 11 is 0. The van der Waals surface area contributed by atoms with E-state index in [-0.39, 0.29) is 31.1 Å². The normalized spacial score (nSPS) is 12.9. The van der Waals surface area contributed by atoms with Crippen LogP contribution < -0.4 is 0 Å². The topological polar surface area (TPSA) is 78.9 Å². The lowest BCUT2D eigenvalue weighted by Gasteiger charge is -2.18. The Bertz CT molecular complexity index is 1650. The zero-order chi connectivity index (χ0) is 57.8. The third-order valence-corrected chi connectivity index (χ3v) is 14.2. The summed E-state index contributed by atoms with van der Waals surface area (Å²) in [6.07, 6.45) is 93.6. The lowest BCUT2D eigenvalue weighted by atomic mass is 10.0. The van der Waals surface area contributed by atoms with Gasteiger partial charge in [-0.25, -0.2) is 0 Å². The molecule has 0 fully saturated rings. The first-order valence-corrected chi connectivity index (χ1v) is 33.5. The first-order chi connectivity index (χ1) is 39.5. The summed E-state index contributed by atoms with van der Waals surface area (Å²) in [5.41, 5.74) is 0. The molecule has 0 saturated carbocycles. The molecule has 0 aromatic carbocycles. The van der Waals surface area contributed by atoms with E-state index in [2.05, 4.69) is 142 Å². The summed E-state index contributed by atoms with van der Waals surface area (Å²) in [7, 11) is 0. The Morgan fingerprint density at radius 3 is 0.812 bits per heavy atom. The van der Waals surface area contributed by atoms with Crippen LogP contribution >= 0.6 is 0 Å². The summed E-state index contributed by atoms with van der Waals surface area (Å²) < 4.78 is 16.9. The van der Waals surface area contributed by atoms with Gasteiger partial charge in [0.2, 0.25) is 0 Å². The van der Waals surface area contributed by atoms with Gasteiger partial charge in [0, 0.05) is 19.3 Å². The van der Waals surface area contributed by atoms with E-state index in [0.29, 0.717) is 19.3 Å². The molecule has 0 spiro atoms. The number of hydrogen-bond donors (Lipinski definition) is 0. The molecule has 0 bridgehead atoms. The van der Waals surface area contributed by atoms with Crippen LogP contribution in [0.25, 0.3) is 0 Å². The van der Waals surface area contributed by atoms with Crippen LogP contribution in [-0.4, -0.2) is 37.2 Å². The fourth-order valence-corrected chi connectivity index (χ4v) is 9.18. The predicted molar refractivity (Wildman–Crippen MR) is 348 cm³/mol. The minimum Gasteiger partial charge on any atom is -0.462 e. The number of allylic oxidation sites excluding steroid dienone is 20. The number of rotatable bonds is 60. The highest BCUT2D eigenvalue weighted by atomic mass is 16.6. The molecule has 0 saturated heterocycles. The van der Waals surface area contributed by atoms with Gasteiger partial charge in [-0.05, 0) is 109 Å². The van der Waals surface area contributed by atoms with E-state index >= 15 is 0 Å². The summed E-state index contributed by atoms with van der Waals surface area (Å²) in [6, 6.07) is 0. The number of esters is 3. The number of carbonyl (C=O) groups excluding carboxylic acids is 3. The first kappa shape index (κ1) is 75.8. The van der Waals surface area contributed by atoms with Crippen molar-refractivity contribution in [3.8, 4) is 0 Å². The zero-order valence-electron chi connectivity index (χ0n) is 52.3. The molecule has 6 nitrogen and oxygen atoms in total. The number of carbonyl (C=O) groups is 3. The van der Waals surface area contributed by atoms with Crippen molar-refractivity contribution in [1.29, 1.82) is 0 Å². The highest BCUT2D eigenvalue weighted by Gasteiger charge is 2.19. The number of ether oxygens (including phenoxy) is 3. The van der Waals surface area contributed by atoms with Crippen LogP contribution in [0.1, 0.15) is 310 Å².